The van der Waals surface area contributed by atoms with Crippen molar-refractivity contribution in [2.45, 2.75) is 10.9 Å². The van der Waals surface area contributed by atoms with Gasteiger partial charge in [-0.15, -0.1) is 12.6 Å². The van der Waals surface area contributed by atoms with E-state index in [1.807, 2.05) is 12.1 Å². The number of nitrogens with one attached hydrogen (secondary N) is 2. The highest BCUT2D eigenvalue weighted by molar-refractivity contribution is 7.80. The minimum Gasteiger partial charge on any atom is -0.508 e. The lowest BCUT2D eigenvalue weighted by atomic mass is 10.0. The second kappa shape index (κ2) is 4.21. The van der Waals surface area contributed by atoms with Crippen LogP contribution in [-0.2, 0) is 0 Å². The molecule has 0 amide bonds. The summed E-state index contributed by atoms with van der Waals surface area (Å²) in [6.45, 7) is 2.79. The molecule has 0 spiro atoms. The lowest BCUT2D eigenvalue weighted by Gasteiger charge is -2.25. The highest BCUT2D eigenvalue weighted by Crippen LogP contribution is 2.26. The first-order chi connectivity index (χ1) is 6.77. The van der Waals surface area contributed by atoms with Crippen LogP contribution in [-0.4, -0.2) is 24.7 Å². The van der Waals surface area contributed by atoms with Crippen LogP contribution >= 0.6 is 12.6 Å². The van der Waals surface area contributed by atoms with Crippen molar-refractivity contribution < 1.29 is 5.11 Å². The van der Waals surface area contributed by atoms with Crippen LogP contribution in [0.4, 0.5) is 0 Å². The Morgan fingerprint density at radius 1 is 1.36 bits per heavy atom. The van der Waals surface area contributed by atoms with Crippen LogP contribution in [0.3, 0.4) is 0 Å². The van der Waals surface area contributed by atoms with E-state index in [0.717, 1.165) is 30.1 Å². The molecule has 14 heavy (non-hydrogen) atoms. The van der Waals surface area contributed by atoms with Crippen molar-refractivity contribution >= 4 is 12.6 Å². The summed E-state index contributed by atoms with van der Waals surface area (Å²) in [6, 6.07) is 5.70. The van der Waals surface area contributed by atoms with Crippen LogP contribution in [0.1, 0.15) is 11.6 Å². The van der Waals surface area contributed by atoms with Gasteiger partial charge in [0.1, 0.15) is 5.75 Å². The van der Waals surface area contributed by atoms with Crippen LogP contribution in [0.15, 0.2) is 23.1 Å². The van der Waals surface area contributed by atoms with Gasteiger partial charge in [0.15, 0.2) is 0 Å². The van der Waals surface area contributed by atoms with E-state index in [0.29, 0.717) is 5.75 Å². The predicted molar refractivity (Wildman–Crippen MR) is 59.0 cm³/mol. The summed E-state index contributed by atoms with van der Waals surface area (Å²) >= 11 is 4.17. The number of rotatable bonds is 1. The number of phenols is 1. The van der Waals surface area contributed by atoms with Gasteiger partial charge in [-0.05, 0) is 12.1 Å². The molecule has 1 fully saturated rings. The third-order valence-electron chi connectivity index (χ3n) is 2.43. The summed E-state index contributed by atoms with van der Waals surface area (Å²) in [5.41, 5.74) is 0.940. The second-order valence-corrected chi connectivity index (χ2v) is 3.97. The van der Waals surface area contributed by atoms with Gasteiger partial charge in [0.05, 0.1) is 0 Å². The highest BCUT2D eigenvalue weighted by Gasteiger charge is 2.17. The molecule has 1 aromatic rings. The van der Waals surface area contributed by atoms with Crippen LogP contribution in [0, 0.1) is 0 Å². The molecular weight excluding hydrogens is 196 g/mol. The van der Waals surface area contributed by atoms with Gasteiger partial charge in [0.25, 0.3) is 0 Å². The molecule has 1 saturated heterocycles. The summed E-state index contributed by atoms with van der Waals surface area (Å²) in [6.07, 6.45) is 0. The first-order valence-corrected chi connectivity index (χ1v) is 5.18. The van der Waals surface area contributed by atoms with Gasteiger partial charge in [-0.1, -0.05) is 6.07 Å². The summed E-state index contributed by atoms with van der Waals surface area (Å²) in [5.74, 6) is 0.318. The zero-order chi connectivity index (χ0) is 9.97. The van der Waals surface area contributed by atoms with Crippen molar-refractivity contribution in [3.05, 3.63) is 23.8 Å². The average Bonchev–Trinajstić information content (AvgIpc) is 2.19. The molecule has 0 aliphatic carbocycles. The largest absolute Gasteiger partial charge is 0.508 e. The normalized spacial score (nSPS) is 22.2. The molecule has 1 aromatic carbocycles. The van der Waals surface area contributed by atoms with Crippen molar-refractivity contribution in [3.63, 3.8) is 0 Å². The first-order valence-electron chi connectivity index (χ1n) is 4.73. The van der Waals surface area contributed by atoms with E-state index < -0.39 is 0 Å². The number of hydrogen-bond acceptors (Lipinski definition) is 4. The van der Waals surface area contributed by atoms with Gasteiger partial charge >= 0.3 is 0 Å². The van der Waals surface area contributed by atoms with E-state index in [9.17, 15) is 5.11 Å². The van der Waals surface area contributed by atoms with Gasteiger partial charge in [0, 0.05) is 36.1 Å². The van der Waals surface area contributed by atoms with E-state index >= 15 is 0 Å². The predicted octanol–water partition coefficient (Wildman–Crippen LogP) is 0.915. The number of benzene rings is 1. The van der Waals surface area contributed by atoms with Crippen molar-refractivity contribution in [3.8, 4) is 5.75 Å². The SMILES string of the molecule is Oc1cc(S)ccc1[C@H]1CNCCN1. The lowest BCUT2D eigenvalue weighted by Crippen LogP contribution is -2.42. The third-order valence-corrected chi connectivity index (χ3v) is 2.71. The highest BCUT2D eigenvalue weighted by atomic mass is 32.1. The van der Waals surface area contributed by atoms with Crippen LogP contribution in [0.25, 0.3) is 0 Å². The maximum absolute atomic E-state index is 9.73. The molecular formula is C10H14N2OS. The smallest absolute Gasteiger partial charge is 0.121 e. The minimum atomic E-state index is 0.206. The molecule has 3 nitrogen and oxygen atoms in total. The van der Waals surface area contributed by atoms with Crippen LogP contribution < -0.4 is 10.6 Å². The molecule has 0 bridgehead atoms. The van der Waals surface area contributed by atoms with Gasteiger partial charge in [-0.2, -0.15) is 0 Å². The minimum absolute atomic E-state index is 0.206. The Morgan fingerprint density at radius 3 is 2.86 bits per heavy atom. The molecule has 1 aliphatic rings. The van der Waals surface area contributed by atoms with Crippen molar-refractivity contribution in [2.75, 3.05) is 19.6 Å². The van der Waals surface area contributed by atoms with Gasteiger partial charge < -0.3 is 15.7 Å². The molecule has 1 heterocycles. The zero-order valence-electron chi connectivity index (χ0n) is 7.83. The van der Waals surface area contributed by atoms with Crippen molar-refractivity contribution in [2.24, 2.45) is 0 Å². The Kier molecular flexibility index (Phi) is 2.96. The second-order valence-electron chi connectivity index (χ2n) is 3.45. The number of aromatic hydroxyl groups is 1. The van der Waals surface area contributed by atoms with Gasteiger partial charge in [0.2, 0.25) is 0 Å². The van der Waals surface area contributed by atoms with E-state index in [1.54, 1.807) is 6.07 Å². The Balaban J connectivity index is 2.22. The molecule has 0 saturated carbocycles. The molecule has 3 N–H and O–H groups in total. The first kappa shape index (κ1) is 9.83. The number of thiol groups is 1. The van der Waals surface area contributed by atoms with E-state index in [1.165, 1.54) is 0 Å². The topological polar surface area (TPSA) is 44.3 Å². The maximum Gasteiger partial charge on any atom is 0.121 e. The summed E-state index contributed by atoms with van der Waals surface area (Å²) in [7, 11) is 0. The molecule has 4 heteroatoms. The van der Waals surface area contributed by atoms with Crippen molar-refractivity contribution in [1.29, 1.82) is 0 Å². The average molecular weight is 210 g/mol. The molecule has 76 valence electrons. The monoisotopic (exact) mass is 210 g/mol. The number of phenolic OH excluding ortho intramolecular Hbond substituents is 1. The molecule has 0 unspecified atom stereocenters. The van der Waals surface area contributed by atoms with E-state index in [4.69, 9.17) is 0 Å². The zero-order valence-corrected chi connectivity index (χ0v) is 8.72. The van der Waals surface area contributed by atoms with Gasteiger partial charge in [-0.25, -0.2) is 0 Å². The summed E-state index contributed by atoms with van der Waals surface area (Å²) in [4.78, 5) is 0.787. The summed E-state index contributed by atoms with van der Waals surface area (Å²) < 4.78 is 0. The standard InChI is InChI=1S/C10H14N2OS/c13-10-5-7(14)1-2-8(10)9-6-11-3-4-12-9/h1-2,5,9,11-14H,3-4,6H2/t9-/m1/s1. The molecule has 1 aliphatic heterocycles. The third kappa shape index (κ3) is 2.03. The van der Waals surface area contributed by atoms with Gasteiger partial charge in [-0.3, -0.25) is 0 Å². The maximum atomic E-state index is 9.73. The van der Waals surface area contributed by atoms with Crippen LogP contribution in [0.2, 0.25) is 0 Å². The summed E-state index contributed by atoms with van der Waals surface area (Å²) in [5, 5.41) is 16.4. The van der Waals surface area contributed by atoms with Crippen LogP contribution in [0.5, 0.6) is 5.75 Å². The van der Waals surface area contributed by atoms with Crippen molar-refractivity contribution in [1.82, 2.24) is 10.6 Å². The Hall–Kier alpha value is -0.710. The lowest BCUT2D eigenvalue weighted by molar-refractivity contribution is 0.404. The fraction of sp³-hybridized carbons (Fsp3) is 0.400. The molecule has 0 radical (unpaired) electrons. The number of hydrogen-bond donors (Lipinski definition) is 4. The molecule has 0 aromatic heterocycles. The fourth-order valence-corrected chi connectivity index (χ4v) is 1.90. The Bertz CT molecular complexity index is 324. The molecule has 1 atom stereocenters. The van der Waals surface area contributed by atoms with E-state index in [-0.39, 0.29) is 6.04 Å². The number of piperazine rings is 1. The quantitative estimate of drug-likeness (QED) is 0.521. The Morgan fingerprint density at radius 2 is 2.21 bits per heavy atom. The molecule has 2 rings (SSSR count). The Labute approximate surface area is 88.9 Å². The fourth-order valence-electron chi connectivity index (χ4n) is 1.70. The van der Waals surface area contributed by atoms with E-state index in [2.05, 4.69) is 23.3 Å².